The standard InChI is InChI=1S/C9H16O/c1-8(2)6-4-5-7-9(3)10/h5-7,9-10H,4H2,1-3H3/b7-5+. The zero-order chi connectivity index (χ0) is 7.98. The van der Waals surface area contributed by atoms with E-state index in [0.717, 1.165) is 6.42 Å². The van der Waals surface area contributed by atoms with Crippen LogP contribution in [-0.2, 0) is 0 Å². The van der Waals surface area contributed by atoms with Crippen LogP contribution in [0.2, 0.25) is 0 Å². The van der Waals surface area contributed by atoms with E-state index in [0.29, 0.717) is 0 Å². The van der Waals surface area contributed by atoms with Crippen molar-refractivity contribution in [2.24, 2.45) is 0 Å². The Bertz CT molecular complexity index is 128. The summed E-state index contributed by atoms with van der Waals surface area (Å²) in [5, 5.41) is 8.81. The van der Waals surface area contributed by atoms with Crippen molar-refractivity contribution in [2.45, 2.75) is 33.3 Å². The molecular formula is C9H16O. The summed E-state index contributed by atoms with van der Waals surface area (Å²) in [7, 11) is 0. The molecular weight excluding hydrogens is 124 g/mol. The van der Waals surface area contributed by atoms with Gasteiger partial charge in [-0.25, -0.2) is 0 Å². The highest BCUT2D eigenvalue weighted by molar-refractivity contribution is 4.99. The lowest BCUT2D eigenvalue weighted by molar-refractivity contribution is 0.244. The molecule has 0 radical (unpaired) electrons. The first-order valence-electron chi connectivity index (χ1n) is 3.61. The second-order valence-electron chi connectivity index (χ2n) is 2.69. The zero-order valence-corrected chi connectivity index (χ0v) is 6.96. The van der Waals surface area contributed by atoms with E-state index >= 15 is 0 Å². The van der Waals surface area contributed by atoms with Crippen molar-refractivity contribution in [1.29, 1.82) is 0 Å². The highest BCUT2D eigenvalue weighted by atomic mass is 16.3. The lowest BCUT2D eigenvalue weighted by Crippen LogP contribution is -1.90. The molecule has 1 N–H and O–H groups in total. The average molecular weight is 140 g/mol. The van der Waals surface area contributed by atoms with Gasteiger partial charge >= 0.3 is 0 Å². The highest BCUT2D eigenvalue weighted by Crippen LogP contribution is 1.94. The van der Waals surface area contributed by atoms with E-state index in [1.807, 2.05) is 6.08 Å². The molecule has 1 unspecified atom stereocenters. The number of aliphatic hydroxyl groups excluding tert-OH is 1. The van der Waals surface area contributed by atoms with Crippen LogP contribution in [0.25, 0.3) is 0 Å². The van der Waals surface area contributed by atoms with E-state index in [1.165, 1.54) is 5.57 Å². The normalized spacial score (nSPS) is 13.6. The van der Waals surface area contributed by atoms with E-state index in [9.17, 15) is 0 Å². The van der Waals surface area contributed by atoms with Crippen molar-refractivity contribution in [3.8, 4) is 0 Å². The fourth-order valence-corrected chi connectivity index (χ4v) is 0.579. The molecule has 0 aliphatic carbocycles. The first-order chi connectivity index (χ1) is 4.63. The zero-order valence-electron chi connectivity index (χ0n) is 6.96. The summed E-state index contributed by atoms with van der Waals surface area (Å²) in [6.45, 7) is 5.88. The van der Waals surface area contributed by atoms with Crippen LogP contribution in [0, 0.1) is 0 Å². The first kappa shape index (κ1) is 9.44. The number of rotatable bonds is 3. The Labute approximate surface area is 63.1 Å². The molecule has 0 saturated heterocycles. The quantitative estimate of drug-likeness (QED) is 0.596. The van der Waals surface area contributed by atoms with Crippen molar-refractivity contribution < 1.29 is 5.11 Å². The fourth-order valence-electron chi connectivity index (χ4n) is 0.579. The van der Waals surface area contributed by atoms with Crippen molar-refractivity contribution in [3.05, 3.63) is 23.8 Å². The predicted molar refractivity (Wildman–Crippen MR) is 44.9 cm³/mol. The Morgan fingerprint density at radius 2 is 2.10 bits per heavy atom. The molecule has 0 aliphatic heterocycles. The van der Waals surface area contributed by atoms with Gasteiger partial charge in [0.15, 0.2) is 0 Å². The van der Waals surface area contributed by atoms with E-state index in [4.69, 9.17) is 5.11 Å². The van der Waals surface area contributed by atoms with Gasteiger partial charge in [-0.3, -0.25) is 0 Å². The van der Waals surface area contributed by atoms with Crippen molar-refractivity contribution in [3.63, 3.8) is 0 Å². The Morgan fingerprint density at radius 3 is 2.50 bits per heavy atom. The van der Waals surface area contributed by atoms with Gasteiger partial charge in [0.1, 0.15) is 0 Å². The summed E-state index contributed by atoms with van der Waals surface area (Å²) in [6.07, 6.45) is 6.49. The summed E-state index contributed by atoms with van der Waals surface area (Å²) in [5.41, 5.74) is 1.32. The number of hydrogen-bond donors (Lipinski definition) is 1. The van der Waals surface area contributed by atoms with Gasteiger partial charge in [0.25, 0.3) is 0 Å². The van der Waals surface area contributed by atoms with Gasteiger partial charge < -0.3 is 5.11 Å². The number of allylic oxidation sites excluding steroid dienone is 3. The lowest BCUT2D eigenvalue weighted by Gasteiger charge is -1.91. The van der Waals surface area contributed by atoms with Gasteiger partial charge in [0.05, 0.1) is 6.10 Å². The molecule has 0 saturated carbocycles. The Morgan fingerprint density at radius 1 is 1.50 bits per heavy atom. The number of hydrogen-bond acceptors (Lipinski definition) is 1. The Balaban J connectivity index is 3.45. The number of aliphatic hydroxyl groups is 1. The third-order valence-electron chi connectivity index (χ3n) is 1.08. The smallest absolute Gasteiger partial charge is 0.0692 e. The Hall–Kier alpha value is -0.560. The lowest BCUT2D eigenvalue weighted by atomic mass is 10.2. The van der Waals surface area contributed by atoms with Gasteiger partial charge in [0.2, 0.25) is 0 Å². The average Bonchev–Trinajstić information content (AvgIpc) is 1.79. The largest absolute Gasteiger partial charge is 0.389 e. The van der Waals surface area contributed by atoms with Crippen molar-refractivity contribution in [1.82, 2.24) is 0 Å². The molecule has 0 aromatic heterocycles. The summed E-state index contributed by atoms with van der Waals surface area (Å²) in [4.78, 5) is 0. The maximum absolute atomic E-state index is 8.81. The molecule has 1 heteroatoms. The molecule has 0 spiro atoms. The van der Waals surface area contributed by atoms with Gasteiger partial charge in [-0.1, -0.05) is 23.8 Å². The topological polar surface area (TPSA) is 20.2 Å². The minimum atomic E-state index is -0.314. The van der Waals surface area contributed by atoms with Crippen LogP contribution >= 0.6 is 0 Å². The molecule has 0 fully saturated rings. The van der Waals surface area contributed by atoms with Gasteiger partial charge in [-0.15, -0.1) is 0 Å². The van der Waals surface area contributed by atoms with Crippen LogP contribution in [0.15, 0.2) is 23.8 Å². The molecule has 0 bridgehead atoms. The molecule has 1 nitrogen and oxygen atoms in total. The van der Waals surface area contributed by atoms with E-state index in [1.54, 1.807) is 13.0 Å². The monoisotopic (exact) mass is 140 g/mol. The summed E-state index contributed by atoms with van der Waals surface area (Å²) in [5.74, 6) is 0. The maximum Gasteiger partial charge on any atom is 0.0692 e. The Kier molecular flexibility index (Phi) is 4.95. The molecule has 0 rings (SSSR count). The molecule has 58 valence electrons. The fraction of sp³-hybridized carbons (Fsp3) is 0.556. The van der Waals surface area contributed by atoms with Crippen molar-refractivity contribution >= 4 is 0 Å². The van der Waals surface area contributed by atoms with E-state index < -0.39 is 0 Å². The van der Waals surface area contributed by atoms with E-state index in [-0.39, 0.29) is 6.10 Å². The third kappa shape index (κ3) is 7.44. The molecule has 1 atom stereocenters. The van der Waals surface area contributed by atoms with Crippen LogP contribution in [0.1, 0.15) is 27.2 Å². The third-order valence-corrected chi connectivity index (χ3v) is 1.08. The van der Waals surface area contributed by atoms with Crippen LogP contribution in [-0.4, -0.2) is 11.2 Å². The molecule has 0 amide bonds. The molecule has 10 heavy (non-hydrogen) atoms. The maximum atomic E-state index is 8.81. The summed E-state index contributed by atoms with van der Waals surface area (Å²) in [6, 6.07) is 0. The minimum absolute atomic E-state index is 0.314. The van der Waals surface area contributed by atoms with Crippen LogP contribution in [0.5, 0.6) is 0 Å². The second kappa shape index (κ2) is 5.24. The summed E-state index contributed by atoms with van der Waals surface area (Å²) < 4.78 is 0. The predicted octanol–water partition coefficient (Wildman–Crippen LogP) is 2.28. The molecule has 0 heterocycles. The SMILES string of the molecule is CC(C)=CC/C=C/C(C)O. The van der Waals surface area contributed by atoms with Crippen LogP contribution in [0.3, 0.4) is 0 Å². The molecule has 0 aliphatic rings. The highest BCUT2D eigenvalue weighted by Gasteiger charge is 1.82. The minimum Gasteiger partial charge on any atom is -0.389 e. The van der Waals surface area contributed by atoms with Gasteiger partial charge in [-0.05, 0) is 27.2 Å². The van der Waals surface area contributed by atoms with Gasteiger partial charge in [-0.2, -0.15) is 0 Å². The van der Waals surface area contributed by atoms with Crippen LogP contribution in [0.4, 0.5) is 0 Å². The second-order valence-corrected chi connectivity index (χ2v) is 2.69. The summed E-state index contributed by atoms with van der Waals surface area (Å²) >= 11 is 0. The van der Waals surface area contributed by atoms with Crippen LogP contribution < -0.4 is 0 Å². The molecule has 0 aromatic carbocycles. The van der Waals surface area contributed by atoms with Crippen molar-refractivity contribution in [2.75, 3.05) is 0 Å². The van der Waals surface area contributed by atoms with E-state index in [2.05, 4.69) is 19.9 Å². The van der Waals surface area contributed by atoms with Gasteiger partial charge in [0, 0.05) is 0 Å². The first-order valence-corrected chi connectivity index (χ1v) is 3.61. The molecule has 0 aromatic rings.